The Morgan fingerprint density at radius 1 is 1.23 bits per heavy atom. The molecule has 2 aromatic rings. The van der Waals surface area contributed by atoms with E-state index in [1.165, 1.54) is 6.26 Å². The summed E-state index contributed by atoms with van der Waals surface area (Å²) in [6.45, 7) is 4.72. The van der Waals surface area contributed by atoms with Gasteiger partial charge in [0, 0.05) is 25.0 Å². The second-order valence-electron chi connectivity index (χ2n) is 8.10. The largest absolute Gasteiger partial charge is 0.478 e. The highest BCUT2D eigenvalue weighted by Gasteiger charge is 2.28. The monoisotopic (exact) mass is 435 g/mol. The third-order valence-corrected chi connectivity index (χ3v) is 6.57. The first-order chi connectivity index (χ1) is 14.4. The molecule has 1 aromatic carbocycles. The van der Waals surface area contributed by atoms with Gasteiger partial charge in [-0.25, -0.2) is 17.9 Å². The van der Waals surface area contributed by atoms with E-state index in [9.17, 15) is 13.2 Å². The van der Waals surface area contributed by atoms with E-state index in [1.54, 1.807) is 0 Å². The van der Waals surface area contributed by atoms with Gasteiger partial charge in [0.2, 0.25) is 15.9 Å². The number of para-hydroxylation sites is 1. The Morgan fingerprint density at radius 2 is 2.00 bits per heavy atom. The average molecular weight is 436 g/mol. The van der Waals surface area contributed by atoms with Gasteiger partial charge in [-0.15, -0.1) is 0 Å². The number of esters is 1. The third-order valence-electron chi connectivity index (χ3n) is 5.84. The van der Waals surface area contributed by atoms with Crippen molar-refractivity contribution in [3.63, 3.8) is 0 Å². The molecule has 0 atom stereocenters. The lowest BCUT2D eigenvalue weighted by Gasteiger charge is -2.31. The van der Waals surface area contributed by atoms with Crippen molar-refractivity contribution in [3.8, 4) is 5.88 Å². The summed E-state index contributed by atoms with van der Waals surface area (Å²) in [5.74, 6) is 0.626. The van der Waals surface area contributed by atoms with E-state index >= 15 is 0 Å². The smallest absolute Gasteiger partial charge is 0.344 e. The number of benzene rings is 1. The standard InChI is InChI=1S/C21H29N3O5S/c1-30(26,27)22-9-13-23-11-7-16(8-12-23)15-29-21(25)19-17-5-2-3-6-18(17)24-10-4-14-28-20(19)24/h2-3,5-6,16,22H,4,7-15H2,1H3. The fourth-order valence-corrected chi connectivity index (χ4v) is 4.73. The maximum atomic E-state index is 12.9. The fourth-order valence-electron chi connectivity index (χ4n) is 4.27. The lowest BCUT2D eigenvalue weighted by atomic mass is 9.98. The number of nitrogens with one attached hydrogen (secondary N) is 1. The molecule has 0 spiro atoms. The van der Waals surface area contributed by atoms with Crippen LogP contribution >= 0.6 is 0 Å². The number of carbonyl (C=O) groups excluding carboxylic acids is 1. The number of piperidine rings is 1. The zero-order valence-corrected chi connectivity index (χ0v) is 18.1. The maximum Gasteiger partial charge on any atom is 0.344 e. The number of sulfonamides is 1. The maximum absolute atomic E-state index is 12.9. The van der Waals surface area contributed by atoms with Crippen LogP contribution in [0.5, 0.6) is 5.88 Å². The van der Waals surface area contributed by atoms with E-state index < -0.39 is 10.0 Å². The van der Waals surface area contributed by atoms with E-state index in [1.807, 2.05) is 24.3 Å². The predicted octanol–water partition coefficient (Wildman–Crippen LogP) is 1.84. The van der Waals surface area contributed by atoms with E-state index in [4.69, 9.17) is 9.47 Å². The number of likely N-dealkylation sites (tertiary alicyclic amines) is 1. The van der Waals surface area contributed by atoms with Gasteiger partial charge in [-0.1, -0.05) is 18.2 Å². The van der Waals surface area contributed by atoms with Gasteiger partial charge in [0.05, 0.1) is 25.0 Å². The summed E-state index contributed by atoms with van der Waals surface area (Å²) in [5, 5.41) is 0.882. The van der Waals surface area contributed by atoms with E-state index in [0.29, 0.717) is 43.7 Å². The third kappa shape index (κ3) is 4.79. The van der Waals surface area contributed by atoms with Crippen molar-refractivity contribution < 1.29 is 22.7 Å². The summed E-state index contributed by atoms with van der Waals surface area (Å²) in [5.41, 5.74) is 1.55. The minimum absolute atomic E-state index is 0.318. The Morgan fingerprint density at radius 3 is 2.77 bits per heavy atom. The number of aromatic nitrogens is 1. The van der Waals surface area contributed by atoms with Gasteiger partial charge in [0.15, 0.2) is 0 Å². The van der Waals surface area contributed by atoms with Gasteiger partial charge in [-0.05, 0) is 44.3 Å². The molecule has 164 valence electrons. The molecular formula is C21H29N3O5S. The number of carbonyl (C=O) groups is 1. The number of ether oxygens (including phenoxy) is 2. The molecule has 1 aromatic heterocycles. The highest BCUT2D eigenvalue weighted by atomic mass is 32.2. The van der Waals surface area contributed by atoms with Crippen LogP contribution < -0.4 is 9.46 Å². The highest BCUT2D eigenvalue weighted by molar-refractivity contribution is 7.88. The predicted molar refractivity (Wildman–Crippen MR) is 114 cm³/mol. The molecular weight excluding hydrogens is 406 g/mol. The van der Waals surface area contributed by atoms with Gasteiger partial charge in [0.1, 0.15) is 5.56 Å². The zero-order chi connectivity index (χ0) is 21.1. The normalized spacial score (nSPS) is 18.2. The minimum atomic E-state index is -3.14. The SMILES string of the molecule is CS(=O)(=O)NCCN1CCC(COC(=O)c2c3n(c4ccccc24)CCCO3)CC1. The fraction of sp³-hybridized carbons (Fsp3) is 0.571. The first kappa shape index (κ1) is 21.1. The topological polar surface area (TPSA) is 89.9 Å². The lowest BCUT2D eigenvalue weighted by Crippen LogP contribution is -2.40. The molecule has 0 saturated carbocycles. The van der Waals surface area contributed by atoms with Crippen LogP contribution in [-0.2, 0) is 21.3 Å². The van der Waals surface area contributed by atoms with Crippen molar-refractivity contribution in [2.75, 3.05) is 45.6 Å². The highest BCUT2D eigenvalue weighted by Crippen LogP contribution is 2.35. The summed E-state index contributed by atoms with van der Waals surface area (Å²) in [4.78, 5) is 15.2. The van der Waals surface area contributed by atoms with Crippen molar-refractivity contribution in [2.24, 2.45) is 5.92 Å². The van der Waals surface area contributed by atoms with Gasteiger partial charge >= 0.3 is 5.97 Å². The quantitative estimate of drug-likeness (QED) is 0.668. The van der Waals surface area contributed by atoms with Crippen molar-refractivity contribution in [1.82, 2.24) is 14.2 Å². The molecule has 2 aliphatic rings. The lowest BCUT2D eigenvalue weighted by molar-refractivity contribution is 0.0370. The number of nitrogens with zero attached hydrogens (tertiary/aromatic N) is 2. The van der Waals surface area contributed by atoms with Crippen LogP contribution in [-0.4, -0.2) is 69.5 Å². The minimum Gasteiger partial charge on any atom is -0.478 e. The molecule has 1 N–H and O–H groups in total. The number of aryl methyl sites for hydroxylation is 1. The van der Waals surface area contributed by atoms with Crippen molar-refractivity contribution in [2.45, 2.75) is 25.8 Å². The molecule has 2 aliphatic heterocycles. The number of rotatable bonds is 7. The van der Waals surface area contributed by atoms with Crippen LogP contribution in [0.25, 0.3) is 10.9 Å². The summed E-state index contributed by atoms with van der Waals surface area (Å²) < 4.78 is 38.5. The summed E-state index contributed by atoms with van der Waals surface area (Å²) in [7, 11) is -3.14. The van der Waals surface area contributed by atoms with E-state index in [-0.39, 0.29) is 5.97 Å². The Hall–Kier alpha value is -2.10. The van der Waals surface area contributed by atoms with Crippen LogP contribution in [0.15, 0.2) is 24.3 Å². The van der Waals surface area contributed by atoms with Crippen LogP contribution in [0.1, 0.15) is 29.6 Å². The molecule has 1 fully saturated rings. The first-order valence-electron chi connectivity index (χ1n) is 10.5. The molecule has 8 nitrogen and oxygen atoms in total. The summed E-state index contributed by atoms with van der Waals surface area (Å²) in [6.07, 6.45) is 3.96. The van der Waals surface area contributed by atoms with Crippen LogP contribution in [0.4, 0.5) is 0 Å². The van der Waals surface area contributed by atoms with Crippen LogP contribution in [0.3, 0.4) is 0 Å². The number of hydrogen-bond donors (Lipinski definition) is 1. The number of hydrogen-bond acceptors (Lipinski definition) is 6. The van der Waals surface area contributed by atoms with Crippen molar-refractivity contribution in [3.05, 3.63) is 29.8 Å². The Balaban J connectivity index is 1.32. The molecule has 9 heteroatoms. The molecule has 3 heterocycles. The van der Waals surface area contributed by atoms with Crippen molar-refractivity contribution in [1.29, 1.82) is 0 Å². The average Bonchev–Trinajstić information content (AvgIpc) is 3.07. The van der Waals surface area contributed by atoms with Crippen LogP contribution in [0, 0.1) is 5.92 Å². The Bertz CT molecular complexity index is 1010. The summed E-state index contributed by atoms with van der Waals surface area (Å²) in [6, 6.07) is 7.86. The summed E-state index contributed by atoms with van der Waals surface area (Å²) >= 11 is 0. The number of fused-ring (bicyclic) bond motifs is 3. The molecule has 0 radical (unpaired) electrons. The molecule has 30 heavy (non-hydrogen) atoms. The van der Waals surface area contributed by atoms with Gasteiger partial charge in [-0.3, -0.25) is 0 Å². The van der Waals surface area contributed by atoms with Gasteiger partial charge in [-0.2, -0.15) is 0 Å². The molecule has 0 bridgehead atoms. The molecule has 0 amide bonds. The van der Waals surface area contributed by atoms with Gasteiger partial charge < -0.3 is 18.9 Å². The van der Waals surface area contributed by atoms with E-state index in [0.717, 1.165) is 49.8 Å². The second kappa shape index (κ2) is 8.95. The molecule has 0 aliphatic carbocycles. The molecule has 0 unspecified atom stereocenters. The van der Waals surface area contributed by atoms with E-state index in [2.05, 4.69) is 14.2 Å². The Kier molecular flexibility index (Phi) is 6.31. The first-order valence-corrected chi connectivity index (χ1v) is 12.4. The van der Waals surface area contributed by atoms with Gasteiger partial charge in [0.25, 0.3) is 0 Å². The zero-order valence-electron chi connectivity index (χ0n) is 17.3. The molecule has 1 saturated heterocycles. The molecule has 4 rings (SSSR count). The van der Waals surface area contributed by atoms with Crippen molar-refractivity contribution >= 4 is 26.9 Å². The van der Waals surface area contributed by atoms with Crippen LogP contribution in [0.2, 0.25) is 0 Å². The Labute approximate surface area is 177 Å². The second-order valence-corrected chi connectivity index (χ2v) is 9.93.